The molecule has 2 heterocycles. The Hall–Kier alpha value is -4.78. The third-order valence-corrected chi connectivity index (χ3v) is 9.36. The number of benzene rings is 3. The fourth-order valence-electron chi connectivity index (χ4n) is 6.87. The summed E-state index contributed by atoms with van der Waals surface area (Å²) in [6.45, 7) is 6.75. The van der Waals surface area contributed by atoms with Crippen LogP contribution >= 0.6 is 0 Å². The van der Waals surface area contributed by atoms with Crippen LogP contribution < -0.4 is 19.3 Å². The molecule has 1 saturated carbocycles. The van der Waals surface area contributed by atoms with Crippen molar-refractivity contribution in [3.05, 3.63) is 72.3 Å². The van der Waals surface area contributed by atoms with E-state index in [0.29, 0.717) is 55.2 Å². The molecule has 3 aromatic carbocycles. The van der Waals surface area contributed by atoms with Crippen LogP contribution in [0, 0.1) is 5.92 Å². The minimum absolute atomic E-state index is 0.0472. The first kappa shape index (κ1) is 37.0. The van der Waals surface area contributed by atoms with Gasteiger partial charge in [-0.3, -0.25) is 9.59 Å². The molecule has 2 fully saturated rings. The summed E-state index contributed by atoms with van der Waals surface area (Å²) in [4.78, 5) is 46.3. The molecule has 0 radical (unpaired) electrons. The minimum atomic E-state index is -4.79. The second-order valence-electron chi connectivity index (χ2n) is 14.4. The van der Waals surface area contributed by atoms with Gasteiger partial charge in [-0.05, 0) is 99.4 Å². The van der Waals surface area contributed by atoms with Crippen molar-refractivity contribution in [1.29, 1.82) is 0 Å². The van der Waals surface area contributed by atoms with E-state index < -0.39 is 24.0 Å². The lowest BCUT2D eigenvalue weighted by Crippen LogP contribution is -2.51. The molecule has 13 heteroatoms. The van der Waals surface area contributed by atoms with Crippen LogP contribution in [0.15, 0.2) is 66.7 Å². The smallest absolute Gasteiger partial charge is 0.482 e. The van der Waals surface area contributed by atoms with Gasteiger partial charge in [0, 0.05) is 45.1 Å². The Morgan fingerprint density at radius 2 is 1.71 bits per heavy atom. The Kier molecular flexibility index (Phi) is 10.7. The molecule has 0 spiro atoms. The molecule has 0 unspecified atom stereocenters. The lowest BCUT2D eigenvalue weighted by Gasteiger charge is -2.41. The second-order valence-corrected chi connectivity index (χ2v) is 14.4. The summed E-state index contributed by atoms with van der Waals surface area (Å²) in [6.07, 6.45) is -2.55. The zero-order valence-corrected chi connectivity index (χ0v) is 29.8. The van der Waals surface area contributed by atoms with Crippen LogP contribution in [0.2, 0.25) is 0 Å². The van der Waals surface area contributed by atoms with Gasteiger partial charge in [0.1, 0.15) is 17.1 Å². The average Bonchev–Trinajstić information content (AvgIpc) is 3.93. The molecule has 3 amide bonds. The van der Waals surface area contributed by atoms with Crippen molar-refractivity contribution in [2.45, 2.75) is 70.4 Å². The Labute approximate surface area is 301 Å². The topological polar surface area (TPSA) is 97.9 Å². The van der Waals surface area contributed by atoms with Crippen molar-refractivity contribution >= 4 is 29.3 Å². The number of alkyl halides is 3. The first-order valence-corrected chi connectivity index (χ1v) is 17.5. The Balaban J connectivity index is 1.33. The number of ether oxygens (including phenoxy) is 4. The number of carbonyl (C=O) groups excluding carboxylic acids is 3. The molecule has 278 valence electrons. The molecule has 2 atom stereocenters. The summed E-state index contributed by atoms with van der Waals surface area (Å²) in [7, 11) is 1.61. The maximum Gasteiger partial charge on any atom is 0.573 e. The van der Waals surface area contributed by atoms with Crippen LogP contribution in [0.25, 0.3) is 11.1 Å². The van der Waals surface area contributed by atoms with E-state index in [-0.39, 0.29) is 42.7 Å². The summed E-state index contributed by atoms with van der Waals surface area (Å²) in [5.74, 6) is -1.00. The van der Waals surface area contributed by atoms with E-state index in [2.05, 4.69) is 4.74 Å². The quantitative estimate of drug-likeness (QED) is 0.199. The maximum absolute atomic E-state index is 15.0. The summed E-state index contributed by atoms with van der Waals surface area (Å²) < 4.78 is 59.0. The summed E-state index contributed by atoms with van der Waals surface area (Å²) >= 11 is 0. The van der Waals surface area contributed by atoms with Crippen LogP contribution in [-0.4, -0.2) is 80.8 Å². The Morgan fingerprint density at radius 1 is 0.962 bits per heavy atom. The van der Waals surface area contributed by atoms with E-state index in [9.17, 15) is 27.6 Å². The van der Waals surface area contributed by atoms with Crippen LogP contribution in [0.1, 0.15) is 57.9 Å². The molecular weight excluding hydrogens is 679 g/mol. The van der Waals surface area contributed by atoms with E-state index in [0.717, 1.165) is 24.0 Å². The molecule has 1 saturated heterocycles. The molecule has 6 rings (SSSR count). The largest absolute Gasteiger partial charge is 0.573 e. The van der Waals surface area contributed by atoms with Crippen LogP contribution in [0.3, 0.4) is 0 Å². The molecule has 10 nitrogen and oxygen atoms in total. The first-order valence-electron chi connectivity index (χ1n) is 17.5. The second kappa shape index (κ2) is 15.1. The molecule has 2 aliphatic heterocycles. The van der Waals surface area contributed by atoms with Crippen molar-refractivity contribution in [2.24, 2.45) is 5.92 Å². The van der Waals surface area contributed by atoms with Gasteiger partial charge in [0.15, 0.2) is 6.61 Å². The molecular formula is C39H44F3N3O7. The number of piperidine rings is 1. The average molecular weight is 724 g/mol. The minimum Gasteiger partial charge on any atom is -0.482 e. The number of hydrogen-bond donors (Lipinski definition) is 0. The number of likely N-dealkylation sites (tertiary alicyclic amines) is 1. The number of nitrogens with zero attached hydrogens (tertiary/aromatic N) is 3. The first-order chi connectivity index (χ1) is 24.7. The van der Waals surface area contributed by atoms with Crippen LogP contribution in [0.4, 0.5) is 29.3 Å². The van der Waals surface area contributed by atoms with E-state index >= 15 is 0 Å². The van der Waals surface area contributed by atoms with Crippen LogP contribution in [-0.2, 0) is 19.1 Å². The van der Waals surface area contributed by atoms with Crippen molar-refractivity contribution in [1.82, 2.24) is 4.90 Å². The zero-order valence-electron chi connectivity index (χ0n) is 29.8. The molecule has 52 heavy (non-hydrogen) atoms. The number of fused-ring (bicyclic) bond motifs is 1. The van der Waals surface area contributed by atoms with Crippen molar-refractivity contribution in [3.63, 3.8) is 0 Å². The number of carbonyl (C=O) groups is 3. The zero-order chi connectivity index (χ0) is 37.2. The predicted octanol–water partition coefficient (Wildman–Crippen LogP) is 7.55. The van der Waals surface area contributed by atoms with Gasteiger partial charge in [0.2, 0.25) is 5.91 Å². The standard InChI is InChI=1S/C39H44F3N3O7/c1-38(2,3)52-37(48)43-19-17-31(27-8-5-7-26(21-27)25-9-14-30(15-10-25)51-39(40,41)42)32(23-43)36(47)45(28-11-12-28)29-13-16-34-33(22-29)44(18-6-20-49-4)35(46)24-50-34/h5,7-10,13-16,21-22,28,31-32H,6,11-12,17-20,23-24H2,1-4H3/t31-,32+/m1/s1. The highest BCUT2D eigenvalue weighted by atomic mass is 19.4. The van der Waals surface area contributed by atoms with Gasteiger partial charge in [-0.2, -0.15) is 0 Å². The highest BCUT2D eigenvalue weighted by Gasteiger charge is 2.44. The van der Waals surface area contributed by atoms with Crippen LogP contribution in [0.5, 0.6) is 11.5 Å². The number of halogens is 3. The fraction of sp³-hybridized carbons (Fsp3) is 0.462. The Bertz CT molecular complexity index is 1770. The van der Waals surface area contributed by atoms with E-state index in [4.69, 9.17) is 14.2 Å². The Morgan fingerprint density at radius 3 is 2.38 bits per heavy atom. The van der Waals surface area contributed by atoms with Crippen molar-refractivity contribution in [2.75, 3.05) is 49.8 Å². The molecule has 1 aliphatic carbocycles. The summed E-state index contributed by atoms with van der Waals surface area (Å²) in [6, 6.07) is 18.7. The molecule has 3 aliphatic rings. The van der Waals surface area contributed by atoms with Gasteiger partial charge in [0.25, 0.3) is 5.91 Å². The molecule has 3 aromatic rings. The molecule has 0 N–H and O–H groups in total. The lowest BCUT2D eigenvalue weighted by atomic mass is 9.78. The molecule has 0 aromatic heterocycles. The van der Waals surface area contributed by atoms with E-state index in [1.165, 1.54) is 12.1 Å². The number of rotatable bonds is 10. The van der Waals surface area contributed by atoms with Crippen molar-refractivity contribution in [3.8, 4) is 22.6 Å². The van der Waals surface area contributed by atoms with E-state index in [1.807, 2.05) is 41.3 Å². The monoisotopic (exact) mass is 723 g/mol. The van der Waals surface area contributed by atoms with Gasteiger partial charge in [0.05, 0.1) is 11.6 Å². The number of anilines is 2. The molecule has 0 bridgehead atoms. The summed E-state index contributed by atoms with van der Waals surface area (Å²) in [5, 5.41) is 0. The number of hydrogen-bond acceptors (Lipinski definition) is 7. The van der Waals surface area contributed by atoms with Crippen molar-refractivity contribution < 1.29 is 46.5 Å². The lowest BCUT2D eigenvalue weighted by molar-refractivity contribution is -0.274. The maximum atomic E-state index is 15.0. The van der Waals surface area contributed by atoms with E-state index in [1.54, 1.807) is 55.9 Å². The predicted molar refractivity (Wildman–Crippen MR) is 189 cm³/mol. The number of amides is 3. The van der Waals surface area contributed by atoms with Gasteiger partial charge in [-0.1, -0.05) is 36.4 Å². The summed E-state index contributed by atoms with van der Waals surface area (Å²) in [5.41, 5.74) is 2.84. The van der Waals surface area contributed by atoms with Gasteiger partial charge < -0.3 is 33.6 Å². The van der Waals surface area contributed by atoms with Gasteiger partial charge in [-0.15, -0.1) is 13.2 Å². The fourth-order valence-corrected chi connectivity index (χ4v) is 6.87. The van der Waals surface area contributed by atoms with Gasteiger partial charge in [-0.25, -0.2) is 4.79 Å². The number of methoxy groups -OCH3 is 1. The third-order valence-electron chi connectivity index (χ3n) is 9.36. The normalized spacial score (nSPS) is 19.1. The SMILES string of the molecule is COCCCN1C(=O)COc2ccc(N(C(=O)[C@H]3CN(C(=O)OC(C)(C)C)CC[C@@H]3c3cccc(-c4ccc(OC(F)(F)F)cc4)c3)C3CC3)cc21. The van der Waals surface area contributed by atoms with Gasteiger partial charge >= 0.3 is 12.5 Å². The highest BCUT2D eigenvalue weighted by Crippen LogP contribution is 2.43. The third kappa shape index (κ3) is 8.80. The highest BCUT2D eigenvalue weighted by molar-refractivity contribution is 6.01.